The standard InChI is InChI=1S/C14H19N3O/c1-16-13(18)7-10-17(16)12-5-3-11(4-6-12)14(15)8-2-9-14/h3-6H,2,7-10,15H2,1H3. The Labute approximate surface area is 107 Å². The fourth-order valence-electron chi connectivity index (χ4n) is 2.76. The average Bonchev–Trinajstić information content (AvgIpc) is 2.68. The lowest BCUT2D eigenvalue weighted by Crippen LogP contribution is -2.43. The monoisotopic (exact) mass is 245 g/mol. The van der Waals surface area contributed by atoms with E-state index in [4.69, 9.17) is 5.73 Å². The summed E-state index contributed by atoms with van der Waals surface area (Å²) in [5, 5.41) is 3.70. The van der Waals surface area contributed by atoms with E-state index in [0.29, 0.717) is 6.42 Å². The number of hydrogen-bond acceptors (Lipinski definition) is 3. The number of hydrazine groups is 1. The van der Waals surface area contributed by atoms with E-state index in [-0.39, 0.29) is 11.4 Å². The molecule has 0 radical (unpaired) electrons. The van der Waals surface area contributed by atoms with Crippen LogP contribution >= 0.6 is 0 Å². The SMILES string of the molecule is CN1C(=O)CCN1c1ccc(C2(N)CCC2)cc1. The quantitative estimate of drug-likeness (QED) is 0.861. The minimum Gasteiger partial charge on any atom is -0.321 e. The van der Waals surface area contributed by atoms with Crippen molar-refractivity contribution in [1.29, 1.82) is 0 Å². The van der Waals surface area contributed by atoms with E-state index in [9.17, 15) is 4.79 Å². The Morgan fingerprint density at radius 1 is 1.22 bits per heavy atom. The zero-order valence-electron chi connectivity index (χ0n) is 10.7. The summed E-state index contributed by atoms with van der Waals surface area (Å²) in [5.74, 6) is 0.174. The highest BCUT2D eigenvalue weighted by Crippen LogP contribution is 2.39. The third-order valence-corrected chi connectivity index (χ3v) is 4.25. The second-order valence-electron chi connectivity index (χ2n) is 5.35. The van der Waals surface area contributed by atoms with Gasteiger partial charge in [-0.1, -0.05) is 12.1 Å². The molecule has 3 rings (SSSR count). The number of carbonyl (C=O) groups excluding carboxylic acids is 1. The highest BCUT2D eigenvalue weighted by Gasteiger charge is 2.34. The second-order valence-corrected chi connectivity index (χ2v) is 5.35. The largest absolute Gasteiger partial charge is 0.321 e. The molecule has 1 amide bonds. The topological polar surface area (TPSA) is 49.6 Å². The molecule has 1 aliphatic heterocycles. The van der Waals surface area contributed by atoms with Gasteiger partial charge in [0.1, 0.15) is 0 Å². The molecule has 1 saturated heterocycles. The molecule has 0 bridgehead atoms. The third-order valence-electron chi connectivity index (χ3n) is 4.25. The smallest absolute Gasteiger partial charge is 0.242 e. The Hall–Kier alpha value is -1.55. The van der Waals surface area contributed by atoms with Gasteiger partial charge in [-0.2, -0.15) is 0 Å². The maximum absolute atomic E-state index is 11.5. The summed E-state index contributed by atoms with van der Waals surface area (Å²) in [7, 11) is 1.82. The number of anilines is 1. The number of rotatable bonds is 2. The van der Waals surface area contributed by atoms with E-state index in [2.05, 4.69) is 24.3 Å². The molecule has 2 N–H and O–H groups in total. The molecule has 0 atom stereocenters. The first-order chi connectivity index (χ1) is 8.60. The first-order valence-electron chi connectivity index (χ1n) is 6.54. The van der Waals surface area contributed by atoms with Crippen LogP contribution in [-0.2, 0) is 10.3 Å². The molecule has 1 saturated carbocycles. The van der Waals surface area contributed by atoms with Crippen molar-refractivity contribution >= 4 is 11.6 Å². The maximum Gasteiger partial charge on any atom is 0.242 e. The number of benzene rings is 1. The Balaban J connectivity index is 1.81. The molecule has 0 unspecified atom stereocenters. The number of hydrogen-bond donors (Lipinski definition) is 1. The van der Waals surface area contributed by atoms with Gasteiger partial charge in [-0.25, -0.2) is 0 Å². The van der Waals surface area contributed by atoms with Crippen LogP contribution < -0.4 is 10.7 Å². The molecule has 1 aromatic rings. The van der Waals surface area contributed by atoms with Crippen LogP contribution in [0.15, 0.2) is 24.3 Å². The molecule has 4 heteroatoms. The van der Waals surface area contributed by atoms with Gasteiger partial charge in [0.25, 0.3) is 0 Å². The number of nitrogens with zero attached hydrogens (tertiary/aromatic N) is 2. The zero-order chi connectivity index (χ0) is 12.8. The molecule has 2 fully saturated rings. The van der Waals surface area contributed by atoms with E-state index in [1.807, 2.05) is 12.1 Å². The van der Waals surface area contributed by atoms with Crippen LogP contribution in [0.25, 0.3) is 0 Å². The Kier molecular flexibility index (Phi) is 2.55. The van der Waals surface area contributed by atoms with Crippen molar-refractivity contribution < 1.29 is 4.79 Å². The first kappa shape index (κ1) is 11.5. The van der Waals surface area contributed by atoms with Gasteiger partial charge in [0.05, 0.1) is 5.69 Å². The van der Waals surface area contributed by atoms with Gasteiger partial charge in [-0.15, -0.1) is 0 Å². The lowest BCUT2D eigenvalue weighted by atomic mass is 9.73. The summed E-state index contributed by atoms with van der Waals surface area (Å²) in [5.41, 5.74) is 8.47. The minimum absolute atomic E-state index is 0.106. The van der Waals surface area contributed by atoms with Crippen LogP contribution in [0.4, 0.5) is 5.69 Å². The normalized spacial score (nSPS) is 22.2. The number of amides is 1. The van der Waals surface area contributed by atoms with E-state index in [1.54, 1.807) is 5.01 Å². The van der Waals surface area contributed by atoms with Crippen molar-refractivity contribution in [2.75, 3.05) is 18.6 Å². The van der Waals surface area contributed by atoms with Crippen LogP contribution in [0.3, 0.4) is 0 Å². The van der Waals surface area contributed by atoms with Gasteiger partial charge < -0.3 is 5.73 Å². The Bertz CT molecular complexity index is 464. The van der Waals surface area contributed by atoms with E-state index >= 15 is 0 Å². The molecule has 0 aromatic heterocycles. The molecular formula is C14H19N3O. The van der Waals surface area contributed by atoms with Gasteiger partial charge in [0, 0.05) is 25.6 Å². The van der Waals surface area contributed by atoms with Crippen LogP contribution in [0, 0.1) is 0 Å². The first-order valence-corrected chi connectivity index (χ1v) is 6.54. The zero-order valence-corrected chi connectivity index (χ0v) is 10.7. The average molecular weight is 245 g/mol. The molecule has 1 heterocycles. The predicted octanol–water partition coefficient (Wildman–Crippen LogP) is 1.61. The Morgan fingerprint density at radius 2 is 1.89 bits per heavy atom. The van der Waals surface area contributed by atoms with Crippen molar-refractivity contribution in [2.24, 2.45) is 5.73 Å². The van der Waals surface area contributed by atoms with Gasteiger partial charge in [0.2, 0.25) is 5.91 Å². The van der Waals surface area contributed by atoms with Gasteiger partial charge in [-0.05, 0) is 37.0 Å². The van der Waals surface area contributed by atoms with Crippen LogP contribution in [0.2, 0.25) is 0 Å². The van der Waals surface area contributed by atoms with Crippen molar-refractivity contribution in [3.63, 3.8) is 0 Å². The summed E-state index contributed by atoms with van der Waals surface area (Å²) < 4.78 is 0. The molecule has 2 aliphatic rings. The van der Waals surface area contributed by atoms with Crippen LogP contribution in [0.5, 0.6) is 0 Å². The third kappa shape index (κ3) is 1.68. The van der Waals surface area contributed by atoms with Crippen molar-refractivity contribution in [1.82, 2.24) is 5.01 Å². The lowest BCUT2D eigenvalue weighted by molar-refractivity contribution is -0.126. The van der Waals surface area contributed by atoms with Crippen molar-refractivity contribution in [3.8, 4) is 0 Å². The molecule has 18 heavy (non-hydrogen) atoms. The van der Waals surface area contributed by atoms with Gasteiger partial charge >= 0.3 is 0 Å². The summed E-state index contributed by atoms with van der Waals surface area (Å²) in [6.45, 7) is 0.766. The highest BCUT2D eigenvalue weighted by molar-refractivity contribution is 5.81. The molecular weight excluding hydrogens is 226 g/mol. The summed E-state index contributed by atoms with van der Waals surface area (Å²) in [4.78, 5) is 11.5. The number of carbonyl (C=O) groups is 1. The number of nitrogens with two attached hydrogens (primary N) is 1. The van der Waals surface area contributed by atoms with Crippen LogP contribution in [0.1, 0.15) is 31.2 Å². The van der Waals surface area contributed by atoms with Crippen molar-refractivity contribution in [3.05, 3.63) is 29.8 Å². The minimum atomic E-state index is -0.106. The van der Waals surface area contributed by atoms with E-state index < -0.39 is 0 Å². The lowest BCUT2D eigenvalue weighted by Gasteiger charge is -2.39. The molecule has 1 aliphatic carbocycles. The molecule has 0 spiro atoms. The summed E-state index contributed by atoms with van der Waals surface area (Å²) in [6.07, 6.45) is 3.98. The fraction of sp³-hybridized carbons (Fsp3) is 0.500. The van der Waals surface area contributed by atoms with Gasteiger partial charge in [-0.3, -0.25) is 14.8 Å². The summed E-state index contributed by atoms with van der Waals surface area (Å²) in [6, 6.07) is 8.34. The van der Waals surface area contributed by atoms with Crippen molar-refractivity contribution in [2.45, 2.75) is 31.2 Å². The highest BCUT2D eigenvalue weighted by atomic mass is 16.2. The second kappa shape index (κ2) is 3.99. The van der Waals surface area contributed by atoms with E-state index in [1.165, 1.54) is 12.0 Å². The predicted molar refractivity (Wildman–Crippen MR) is 70.9 cm³/mol. The molecule has 4 nitrogen and oxygen atoms in total. The maximum atomic E-state index is 11.5. The Morgan fingerprint density at radius 3 is 2.33 bits per heavy atom. The fourth-order valence-corrected chi connectivity index (χ4v) is 2.76. The van der Waals surface area contributed by atoms with Crippen LogP contribution in [-0.4, -0.2) is 24.5 Å². The molecule has 96 valence electrons. The van der Waals surface area contributed by atoms with E-state index in [0.717, 1.165) is 25.1 Å². The summed E-state index contributed by atoms with van der Waals surface area (Å²) >= 11 is 0. The van der Waals surface area contributed by atoms with Gasteiger partial charge in [0.15, 0.2) is 0 Å². The molecule has 1 aromatic carbocycles.